The molecule has 130 valence electrons. The molecule has 1 saturated heterocycles. The van der Waals surface area contributed by atoms with Crippen molar-refractivity contribution in [3.8, 4) is 0 Å². The Morgan fingerprint density at radius 2 is 1.96 bits per heavy atom. The van der Waals surface area contributed by atoms with Crippen LogP contribution in [0.25, 0.3) is 0 Å². The van der Waals surface area contributed by atoms with Gasteiger partial charge in [0.05, 0.1) is 18.1 Å². The molecule has 1 aliphatic heterocycles. The van der Waals surface area contributed by atoms with E-state index in [1.54, 1.807) is 0 Å². The van der Waals surface area contributed by atoms with E-state index in [1.165, 1.54) is 11.1 Å². The van der Waals surface area contributed by atoms with E-state index in [9.17, 15) is 13.2 Å². The number of fused-ring (bicyclic) bond motifs is 1. The van der Waals surface area contributed by atoms with Crippen molar-refractivity contribution in [2.75, 3.05) is 18.1 Å². The maximum atomic E-state index is 12.5. The molecule has 2 unspecified atom stereocenters. The van der Waals surface area contributed by atoms with Crippen LogP contribution in [0.1, 0.15) is 42.9 Å². The SMILES string of the molecule is O=C(CN(C1CC1)C1CCc2ccccc21)NC1CCS(=O)(=O)C1. The van der Waals surface area contributed by atoms with E-state index in [0.29, 0.717) is 25.0 Å². The summed E-state index contributed by atoms with van der Waals surface area (Å²) in [6.45, 7) is 0.375. The summed E-state index contributed by atoms with van der Waals surface area (Å²) in [5, 5.41) is 2.94. The van der Waals surface area contributed by atoms with E-state index in [0.717, 1.165) is 25.7 Å². The Balaban J connectivity index is 1.43. The van der Waals surface area contributed by atoms with Gasteiger partial charge < -0.3 is 5.32 Å². The van der Waals surface area contributed by atoms with Gasteiger partial charge in [-0.1, -0.05) is 24.3 Å². The minimum atomic E-state index is -2.96. The lowest BCUT2D eigenvalue weighted by molar-refractivity contribution is -0.123. The lowest BCUT2D eigenvalue weighted by Gasteiger charge is -2.29. The van der Waals surface area contributed by atoms with Gasteiger partial charge in [-0.05, 0) is 43.2 Å². The standard InChI is InChI=1S/C18H24N2O3S/c21-18(19-14-9-10-24(22,23)12-14)11-20(15-6-7-15)17-8-5-13-3-1-2-4-16(13)17/h1-4,14-15,17H,5-12H2,(H,19,21). The molecule has 1 heterocycles. The number of nitrogens with zero attached hydrogens (tertiary/aromatic N) is 1. The summed E-state index contributed by atoms with van der Waals surface area (Å²) in [6, 6.07) is 9.14. The fourth-order valence-corrected chi connectivity index (χ4v) is 5.80. The maximum Gasteiger partial charge on any atom is 0.234 e. The van der Waals surface area contributed by atoms with Gasteiger partial charge in [0.25, 0.3) is 0 Å². The first-order valence-corrected chi connectivity index (χ1v) is 10.7. The Morgan fingerprint density at radius 1 is 1.17 bits per heavy atom. The van der Waals surface area contributed by atoms with E-state index in [4.69, 9.17) is 0 Å². The average molecular weight is 348 g/mol. The number of nitrogens with one attached hydrogen (secondary N) is 1. The van der Waals surface area contributed by atoms with E-state index in [2.05, 4.69) is 34.5 Å². The van der Waals surface area contributed by atoms with Crippen LogP contribution in [-0.4, -0.2) is 49.4 Å². The van der Waals surface area contributed by atoms with Crippen molar-refractivity contribution in [1.29, 1.82) is 0 Å². The fourth-order valence-electron chi connectivity index (χ4n) is 4.13. The number of carbonyl (C=O) groups is 1. The van der Waals surface area contributed by atoms with Crippen LogP contribution in [-0.2, 0) is 21.1 Å². The van der Waals surface area contributed by atoms with Crippen LogP contribution < -0.4 is 5.32 Å². The number of carbonyl (C=O) groups excluding carboxylic acids is 1. The molecule has 0 aromatic heterocycles. The summed E-state index contributed by atoms with van der Waals surface area (Å²) < 4.78 is 23.1. The van der Waals surface area contributed by atoms with Crippen LogP contribution in [0.5, 0.6) is 0 Å². The van der Waals surface area contributed by atoms with Crippen molar-refractivity contribution < 1.29 is 13.2 Å². The second-order valence-electron chi connectivity index (χ2n) is 7.32. The average Bonchev–Trinajstić information content (AvgIpc) is 3.21. The van der Waals surface area contributed by atoms with Gasteiger partial charge in [0.2, 0.25) is 5.91 Å². The second kappa shape index (κ2) is 6.15. The zero-order valence-electron chi connectivity index (χ0n) is 13.8. The van der Waals surface area contributed by atoms with E-state index < -0.39 is 9.84 Å². The maximum absolute atomic E-state index is 12.5. The summed E-state index contributed by atoms with van der Waals surface area (Å²) >= 11 is 0. The highest BCUT2D eigenvalue weighted by Crippen LogP contribution is 2.41. The molecule has 3 aliphatic rings. The van der Waals surface area contributed by atoms with Crippen LogP contribution in [0.3, 0.4) is 0 Å². The molecule has 4 rings (SSSR count). The number of benzene rings is 1. The van der Waals surface area contributed by atoms with Gasteiger partial charge in [-0.15, -0.1) is 0 Å². The molecule has 1 aromatic rings. The van der Waals surface area contributed by atoms with Gasteiger partial charge in [-0.2, -0.15) is 0 Å². The molecular formula is C18H24N2O3S. The Labute approximate surface area is 143 Å². The fraction of sp³-hybridized carbons (Fsp3) is 0.611. The predicted octanol–water partition coefficient (Wildman–Crippen LogP) is 1.44. The molecule has 0 radical (unpaired) electrons. The van der Waals surface area contributed by atoms with E-state index in [-0.39, 0.29) is 23.5 Å². The van der Waals surface area contributed by atoms with Crippen molar-refractivity contribution in [1.82, 2.24) is 10.2 Å². The van der Waals surface area contributed by atoms with Crippen molar-refractivity contribution in [2.24, 2.45) is 0 Å². The third kappa shape index (κ3) is 3.35. The summed E-state index contributed by atoms with van der Waals surface area (Å²) in [7, 11) is -2.96. The first kappa shape index (κ1) is 16.1. The lowest BCUT2D eigenvalue weighted by Crippen LogP contribution is -2.44. The smallest absolute Gasteiger partial charge is 0.234 e. The summed E-state index contributed by atoms with van der Waals surface area (Å²) in [5.41, 5.74) is 2.76. The molecule has 0 bridgehead atoms. The Kier molecular flexibility index (Phi) is 4.12. The van der Waals surface area contributed by atoms with Crippen LogP contribution in [0.15, 0.2) is 24.3 Å². The van der Waals surface area contributed by atoms with E-state index in [1.807, 2.05) is 0 Å². The highest BCUT2D eigenvalue weighted by atomic mass is 32.2. The van der Waals surface area contributed by atoms with Crippen molar-refractivity contribution >= 4 is 15.7 Å². The molecule has 2 atom stereocenters. The molecule has 5 nitrogen and oxygen atoms in total. The zero-order valence-corrected chi connectivity index (χ0v) is 14.6. The summed E-state index contributed by atoms with van der Waals surface area (Å²) in [4.78, 5) is 14.8. The Hall–Kier alpha value is -1.40. The summed E-state index contributed by atoms with van der Waals surface area (Å²) in [6.07, 6.45) is 5.00. The Morgan fingerprint density at radius 3 is 2.67 bits per heavy atom. The molecule has 1 aromatic carbocycles. The number of aryl methyl sites for hydroxylation is 1. The van der Waals surface area contributed by atoms with Crippen LogP contribution in [0.4, 0.5) is 0 Å². The lowest BCUT2D eigenvalue weighted by atomic mass is 10.1. The first-order valence-electron chi connectivity index (χ1n) is 8.85. The number of hydrogen-bond donors (Lipinski definition) is 1. The van der Waals surface area contributed by atoms with Crippen LogP contribution >= 0.6 is 0 Å². The van der Waals surface area contributed by atoms with Crippen molar-refractivity contribution in [3.63, 3.8) is 0 Å². The number of hydrogen-bond acceptors (Lipinski definition) is 4. The molecule has 1 saturated carbocycles. The van der Waals surface area contributed by atoms with Gasteiger partial charge >= 0.3 is 0 Å². The Bertz CT molecular complexity index is 742. The second-order valence-corrected chi connectivity index (χ2v) is 9.55. The van der Waals surface area contributed by atoms with Crippen molar-refractivity contribution in [2.45, 2.75) is 50.2 Å². The molecule has 6 heteroatoms. The number of rotatable bonds is 5. The largest absolute Gasteiger partial charge is 0.351 e. The first-order chi connectivity index (χ1) is 11.5. The molecule has 2 aliphatic carbocycles. The van der Waals surface area contributed by atoms with E-state index >= 15 is 0 Å². The normalized spacial score (nSPS) is 28.0. The highest BCUT2D eigenvalue weighted by Gasteiger charge is 2.39. The van der Waals surface area contributed by atoms with Crippen molar-refractivity contribution in [3.05, 3.63) is 35.4 Å². The molecule has 1 amide bonds. The minimum absolute atomic E-state index is 0.0339. The van der Waals surface area contributed by atoms with Crippen LogP contribution in [0, 0.1) is 0 Å². The molecular weight excluding hydrogens is 324 g/mol. The third-order valence-electron chi connectivity index (χ3n) is 5.44. The highest BCUT2D eigenvalue weighted by molar-refractivity contribution is 7.91. The van der Waals surface area contributed by atoms with Gasteiger partial charge in [-0.25, -0.2) is 8.42 Å². The number of amides is 1. The molecule has 1 N–H and O–H groups in total. The molecule has 0 spiro atoms. The van der Waals surface area contributed by atoms with Gasteiger partial charge in [0.1, 0.15) is 0 Å². The quantitative estimate of drug-likeness (QED) is 0.874. The minimum Gasteiger partial charge on any atom is -0.351 e. The molecule has 2 fully saturated rings. The van der Waals surface area contributed by atoms with Gasteiger partial charge in [0, 0.05) is 18.1 Å². The van der Waals surface area contributed by atoms with Crippen LogP contribution in [0.2, 0.25) is 0 Å². The van der Waals surface area contributed by atoms with Gasteiger partial charge in [-0.3, -0.25) is 9.69 Å². The third-order valence-corrected chi connectivity index (χ3v) is 7.21. The monoisotopic (exact) mass is 348 g/mol. The number of sulfone groups is 1. The van der Waals surface area contributed by atoms with Gasteiger partial charge in [0.15, 0.2) is 9.84 Å². The topological polar surface area (TPSA) is 66.5 Å². The summed E-state index contributed by atoms with van der Waals surface area (Å²) in [5.74, 6) is 0.253. The predicted molar refractivity (Wildman–Crippen MR) is 92.4 cm³/mol. The zero-order chi connectivity index (χ0) is 16.7. The molecule has 24 heavy (non-hydrogen) atoms.